The Labute approximate surface area is 172 Å². The lowest BCUT2D eigenvalue weighted by Gasteiger charge is -2.34. The maximum atomic E-state index is 13.2. The second-order valence-corrected chi connectivity index (χ2v) is 8.29. The Morgan fingerprint density at radius 2 is 1.72 bits per heavy atom. The lowest BCUT2D eigenvalue weighted by atomic mass is 9.90. The molecule has 0 radical (unpaired) electrons. The molecule has 0 spiro atoms. The predicted octanol–water partition coefficient (Wildman–Crippen LogP) is 3.71. The van der Waals surface area contributed by atoms with Crippen LogP contribution in [-0.4, -0.2) is 42.4 Å². The summed E-state index contributed by atoms with van der Waals surface area (Å²) in [6.45, 7) is 4.26. The van der Waals surface area contributed by atoms with Crippen LogP contribution in [0.2, 0.25) is 0 Å². The van der Waals surface area contributed by atoms with Gasteiger partial charge in [-0.1, -0.05) is 42.5 Å². The van der Waals surface area contributed by atoms with Crippen LogP contribution >= 0.6 is 0 Å². The minimum Gasteiger partial charge on any atom is -0.324 e. The Morgan fingerprint density at radius 3 is 2.48 bits per heavy atom. The van der Waals surface area contributed by atoms with E-state index in [-0.39, 0.29) is 17.9 Å². The van der Waals surface area contributed by atoms with Crippen molar-refractivity contribution < 1.29 is 9.59 Å². The van der Waals surface area contributed by atoms with Crippen LogP contribution in [0, 0.1) is 5.92 Å². The molecule has 29 heavy (non-hydrogen) atoms. The largest absolute Gasteiger partial charge is 0.324 e. The molecule has 1 atom stereocenters. The number of rotatable bonds is 4. The van der Waals surface area contributed by atoms with Gasteiger partial charge in [0, 0.05) is 12.5 Å². The van der Waals surface area contributed by atoms with Crippen molar-refractivity contribution in [1.29, 1.82) is 0 Å². The Kier molecular flexibility index (Phi) is 5.95. The number of hydrogen-bond acceptors (Lipinski definition) is 3. The lowest BCUT2D eigenvalue weighted by Crippen LogP contribution is -2.47. The highest BCUT2D eigenvalue weighted by Gasteiger charge is 2.31. The SMILES string of the molecule is C[C@H]1CC(=O)Nc2ccccc2N1C(=O)CN1CCC(Cc2ccccc2)CC1. The molecule has 4 rings (SSSR count). The third kappa shape index (κ3) is 4.67. The van der Waals surface area contributed by atoms with Crippen molar-refractivity contribution in [3.05, 3.63) is 60.2 Å². The summed E-state index contributed by atoms with van der Waals surface area (Å²) in [4.78, 5) is 29.4. The molecule has 2 aromatic carbocycles. The standard InChI is InChI=1S/C24H29N3O2/c1-18-15-23(28)25-21-9-5-6-10-22(21)27(18)24(29)17-26-13-11-20(12-14-26)16-19-7-3-2-4-8-19/h2-10,18,20H,11-17H2,1H3,(H,25,28)/t18-/m0/s1. The van der Waals surface area contributed by atoms with Crippen LogP contribution in [0.1, 0.15) is 31.7 Å². The average Bonchev–Trinajstić information content (AvgIpc) is 2.84. The van der Waals surface area contributed by atoms with Gasteiger partial charge in [-0.25, -0.2) is 0 Å². The van der Waals surface area contributed by atoms with Crippen LogP contribution in [-0.2, 0) is 16.0 Å². The molecule has 0 unspecified atom stereocenters. The second kappa shape index (κ2) is 8.78. The van der Waals surface area contributed by atoms with Gasteiger partial charge in [0.1, 0.15) is 0 Å². The molecule has 2 aliphatic rings. The maximum Gasteiger partial charge on any atom is 0.241 e. The number of anilines is 2. The van der Waals surface area contributed by atoms with Gasteiger partial charge in [-0.2, -0.15) is 0 Å². The zero-order chi connectivity index (χ0) is 20.2. The summed E-state index contributed by atoms with van der Waals surface area (Å²) in [7, 11) is 0. The first-order chi connectivity index (χ1) is 14.1. The number of benzene rings is 2. The van der Waals surface area contributed by atoms with E-state index >= 15 is 0 Å². The zero-order valence-electron chi connectivity index (χ0n) is 17.0. The number of para-hydroxylation sites is 2. The van der Waals surface area contributed by atoms with Crippen LogP contribution in [0.3, 0.4) is 0 Å². The van der Waals surface area contributed by atoms with Crippen molar-refractivity contribution >= 4 is 23.2 Å². The van der Waals surface area contributed by atoms with Crippen LogP contribution in [0.25, 0.3) is 0 Å². The van der Waals surface area contributed by atoms with E-state index < -0.39 is 0 Å². The van der Waals surface area contributed by atoms with Crippen molar-refractivity contribution in [1.82, 2.24) is 4.90 Å². The van der Waals surface area contributed by atoms with Crippen molar-refractivity contribution in [3.63, 3.8) is 0 Å². The van der Waals surface area contributed by atoms with Gasteiger partial charge in [-0.05, 0) is 62.9 Å². The van der Waals surface area contributed by atoms with E-state index in [0.717, 1.165) is 43.7 Å². The number of likely N-dealkylation sites (tertiary alicyclic amines) is 1. The van der Waals surface area contributed by atoms with Gasteiger partial charge in [0.2, 0.25) is 11.8 Å². The molecule has 5 nitrogen and oxygen atoms in total. The van der Waals surface area contributed by atoms with Crippen molar-refractivity contribution in [2.75, 3.05) is 29.9 Å². The van der Waals surface area contributed by atoms with Gasteiger partial charge in [0.15, 0.2) is 0 Å². The van der Waals surface area contributed by atoms with E-state index in [1.807, 2.05) is 36.1 Å². The molecule has 2 aliphatic heterocycles. The Hall–Kier alpha value is -2.66. The summed E-state index contributed by atoms with van der Waals surface area (Å²) in [6, 6.07) is 18.1. The van der Waals surface area contributed by atoms with E-state index in [1.165, 1.54) is 5.56 Å². The summed E-state index contributed by atoms with van der Waals surface area (Å²) >= 11 is 0. The number of carbonyl (C=O) groups is 2. The van der Waals surface area contributed by atoms with Crippen LogP contribution in [0.15, 0.2) is 54.6 Å². The predicted molar refractivity (Wildman–Crippen MR) is 116 cm³/mol. The first-order valence-corrected chi connectivity index (χ1v) is 10.6. The number of amides is 2. The van der Waals surface area contributed by atoms with E-state index in [0.29, 0.717) is 18.9 Å². The van der Waals surface area contributed by atoms with Gasteiger partial charge in [0.05, 0.1) is 17.9 Å². The molecular weight excluding hydrogens is 362 g/mol. The monoisotopic (exact) mass is 391 g/mol. The Balaban J connectivity index is 1.38. The molecular formula is C24H29N3O2. The summed E-state index contributed by atoms with van der Waals surface area (Å²) in [6.07, 6.45) is 3.68. The molecule has 2 aromatic rings. The quantitative estimate of drug-likeness (QED) is 0.865. The summed E-state index contributed by atoms with van der Waals surface area (Å²) in [5.41, 5.74) is 2.92. The molecule has 152 valence electrons. The first kappa shape index (κ1) is 19.6. The molecule has 0 saturated carbocycles. The number of piperidine rings is 1. The van der Waals surface area contributed by atoms with E-state index in [2.05, 4.69) is 40.5 Å². The molecule has 2 heterocycles. The Bertz CT molecular complexity index is 859. The number of carbonyl (C=O) groups excluding carboxylic acids is 2. The van der Waals surface area contributed by atoms with Crippen molar-refractivity contribution in [2.45, 2.75) is 38.6 Å². The van der Waals surface area contributed by atoms with Crippen molar-refractivity contribution in [3.8, 4) is 0 Å². The highest BCUT2D eigenvalue weighted by molar-refractivity contribution is 6.04. The summed E-state index contributed by atoms with van der Waals surface area (Å²) < 4.78 is 0. The van der Waals surface area contributed by atoms with E-state index in [4.69, 9.17) is 0 Å². The van der Waals surface area contributed by atoms with Crippen LogP contribution in [0.4, 0.5) is 11.4 Å². The fraction of sp³-hybridized carbons (Fsp3) is 0.417. The van der Waals surface area contributed by atoms with Gasteiger partial charge in [-0.15, -0.1) is 0 Å². The zero-order valence-corrected chi connectivity index (χ0v) is 17.0. The summed E-state index contributed by atoms with van der Waals surface area (Å²) in [5.74, 6) is 0.716. The van der Waals surface area contributed by atoms with Gasteiger partial charge >= 0.3 is 0 Å². The molecule has 0 bridgehead atoms. The molecule has 0 aromatic heterocycles. The Morgan fingerprint density at radius 1 is 1.03 bits per heavy atom. The molecule has 1 N–H and O–H groups in total. The number of nitrogens with zero attached hydrogens (tertiary/aromatic N) is 2. The molecule has 2 amide bonds. The maximum absolute atomic E-state index is 13.2. The normalized spacial score (nSPS) is 20.7. The van der Waals surface area contributed by atoms with Crippen molar-refractivity contribution in [2.24, 2.45) is 5.92 Å². The molecule has 1 fully saturated rings. The van der Waals surface area contributed by atoms with Crippen LogP contribution < -0.4 is 10.2 Å². The molecule has 1 saturated heterocycles. The van der Waals surface area contributed by atoms with Gasteiger partial charge in [0.25, 0.3) is 0 Å². The second-order valence-electron chi connectivity index (χ2n) is 8.29. The fourth-order valence-electron chi connectivity index (χ4n) is 4.53. The van der Waals surface area contributed by atoms with Crippen LogP contribution in [0.5, 0.6) is 0 Å². The highest BCUT2D eigenvalue weighted by atomic mass is 16.2. The third-order valence-corrected chi connectivity index (χ3v) is 6.06. The lowest BCUT2D eigenvalue weighted by molar-refractivity contribution is -0.120. The third-order valence-electron chi connectivity index (χ3n) is 6.06. The van der Waals surface area contributed by atoms with E-state index in [9.17, 15) is 9.59 Å². The molecule has 5 heteroatoms. The smallest absolute Gasteiger partial charge is 0.241 e. The summed E-state index contributed by atoms with van der Waals surface area (Å²) in [5, 5.41) is 2.92. The van der Waals surface area contributed by atoms with E-state index in [1.54, 1.807) is 0 Å². The number of nitrogens with one attached hydrogen (secondary N) is 1. The number of fused-ring (bicyclic) bond motifs is 1. The number of hydrogen-bond donors (Lipinski definition) is 1. The van der Waals surface area contributed by atoms with Gasteiger partial charge in [-0.3, -0.25) is 14.5 Å². The van der Waals surface area contributed by atoms with Gasteiger partial charge < -0.3 is 10.2 Å². The first-order valence-electron chi connectivity index (χ1n) is 10.6. The fourth-order valence-corrected chi connectivity index (χ4v) is 4.53. The minimum atomic E-state index is -0.151. The highest BCUT2D eigenvalue weighted by Crippen LogP contribution is 2.31. The minimum absolute atomic E-state index is 0.0398. The molecule has 0 aliphatic carbocycles. The average molecular weight is 392 g/mol. The topological polar surface area (TPSA) is 52.7 Å².